The van der Waals surface area contributed by atoms with Crippen LogP contribution in [-0.4, -0.2) is 18.5 Å². The molecule has 0 aliphatic heterocycles. The van der Waals surface area contributed by atoms with Crippen LogP contribution in [0.25, 0.3) is 0 Å². The molecule has 1 unspecified atom stereocenters. The van der Waals surface area contributed by atoms with E-state index in [1.807, 2.05) is 26.8 Å². The number of hydrogen-bond acceptors (Lipinski definition) is 3. The minimum Gasteiger partial charge on any atom is -0.374 e. The molecule has 0 heterocycles. The molecule has 0 aromatic heterocycles. The van der Waals surface area contributed by atoms with E-state index in [1.54, 1.807) is 12.1 Å². The molecule has 0 bridgehead atoms. The Hall–Kier alpha value is -2.02. The van der Waals surface area contributed by atoms with Crippen molar-refractivity contribution < 1.29 is 4.79 Å². The molecule has 17 heavy (non-hydrogen) atoms. The van der Waals surface area contributed by atoms with Crippen LogP contribution in [0.2, 0.25) is 0 Å². The predicted molar refractivity (Wildman–Crippen MR) is 67.7 cm³/mol. The minimum absolute atomic E-state index is 0.0312. The maximum Gasteiger partial charge on any atom is 0.242 e. The van der Waals surface area contributed by atoms with Crippen molar-refractivity contribution in [3.63, 3.8) is 0 Å². The number of carbonyl (C=O) groups is 1. The molecule has 0 spiro atoms. The molecule has 1 rings (SSSR count). The monoisotopic (exact) mass is 231 g/mol. The maximum atomic E-state index is 11.6. The van der Waals surface area contributed by atoms with E-state index in [2.05, 4.69) is 16.7 Å². The summed E-state index contributed by atoms with van der Waals surface area (Å²) in [5.74, 6) is -0.0312. The van der Waals surface area contributed by atoms with Crippen molar-refractivity contribution in [3.05, 3.63) is 29.3 Å². The number of nitrogens with one attached hydrogen (secondary N) is 2. The Morgan fingerprint density at radius 3 is 2.76 bits per heavy atom. The van der Waals surface area contributed by atoms with Gasteiger partial charge in [0.1, 0.15) is 6.04 Å². The van der Waals surface area contributed by atoms with Gasteiger partial charge in [-0.1, -0.05) is 0 Å². The lowest BCUT2D eigenvalue weighted by Crippen LogP contribution is -2.37. The van der Waals surface area contributed by atoms with E-state index in [4.69, 9.17) is 5.26 Å². The van der Waals surface area contributed by atoms with Gasteiger partial charge in [0.25, 0.3) is 0 Å². The zero-order valence-corrected chi connectivity index (χ0v) is 10.4. The number of amides is 1. The van der Waals surface area contributed by atoms with E-state index in [0.29, 0.717) is 12.1 Å². The summed E-state index contributed by atoms with van der Waals surface area (Å²) in [6, 6.07) is 7.15. The van der Waals surface area contributed by atoms with Crippen LogP contribution >= 0.6 is 0 Å². The molecule has 4 heteroatoms. The first-order valence-corrected chi connectivity index (χ1v) is 5.63. The Kier molecular flexibility index (Phi) is 4.53. The third kappa shape index (κ3) is 3.49. The molecule has 0 saturated carbocycles. The van der Waals surface area contributed by atoms with Gasteiger partial charge in [-0.3, -0.25) is 4.79 Å². The number of rotatable bonds is 4. The van der Waals surface area contributed by atoms with Crippen molar-refractivity contribution in [2.24, 2.45) is 0 Å². The number of nitrogens with zero attached hydrogens (tertiary/aromatic N) is 1. The second kappa shape index (κ2) is 5.90. The lowest BCUT2D eigenvalue weighted by Gasteiger charge is -2.16. The molecule has 1 aromatic carbocycles. The summed E-state index contributed by atoms with van der Waals surface area (Å²) < 4.78 is 0. The number of anilines is 1. The van der Waals surface area contributed by atoms with Gasteiger partial charge in [0.05, 0.1) is 11.6 Å². The minimum atomic E-state index is -0.290. The summed E-state index contributed by atoms with van der Waals surface area (Å²) in [5, 5.41) is 14.6. The highest BCUT2D eigenvalue weighted by Gasteiger charge is 2.12. The molecule has 0 radical (unpaired) electrons. The van der Waals surface area contributed by atoms with Gasteiger partial charge in [-0.05, 0) is 44.5 Å². The number of aryl methyl sites for hydroxylation is 1. The van der Waals surface area contributed by atoms with E-state index < -0.39 is 0 Å². The van der Waals surface area contributed by atoms with Crippen LogP contribution < -0.4 is 10.6 Å². The zero-order chi connectivity index (χ0) is 12.8. The summed E-state index contributed by atoms with van der Waals surface area (Å²) in [7, 11) is 0. The van der Waals surface area contributed by atoms with Crippen molar-refractivity contribution in [1.82, 2.24) is 5.32 Å². The van der Waals surface area contributed by atoms with Gasteiger partial charge >= 0.3 is 0 Å². The Labute approximate surface area is 102 Å². The number of likely N-dealkylation sites (N-methyl/N-ethyl adjacent to an activating group) is 1. The van der Waals surface area contributed by atoms with Crippen molar-refractivity contribution in [2.45, 2.75) is 26.8 Å². The standard InChI is InChI=1S/C13H17N3O/c1-4-15-13(17)10(3)16-12-6-5-11(8-14)7-9(12)2/h5-7,10,16H,4H2,1-3H3,(H,15,17). The van der Waals surface area contributed by atoms with Crippen molar-refractivity contribution in [1.29, 1.82) is 5.26 Å². The predicted octanol–water partition coefficient (Wildman–Crippen LogP) is 1.80. The van der Waals surface area contributed by atoms with E-state index >= 15 is 0 Å². The topological polar surface area (TPSA) is 64.9 Å². The van der Waals surface area contributed by atoms with Crippen LogP contribution in [0.4, 0.5) is 5.69 Å². The fourth-order valence-corrected chi connectivity index (χ4v) is 1.52. The fourth-order valence-electron chi connectivity index (χ4n) is 1.52. The van der Waals surface area contributed by atoms with Crippen LogP contribution in [0.5, 0.6) is 0 Å². The third-order valence-corrected chi connectivity index (χ3v) is 2.47. The zero-order valence-electron chi connectivity index (χ0n) is 10.4. The lowest BCUT2D eigenvalue weighted by atomic mass is 10.1. The summed E-state index contributed by atoms with van der Waals surface area (Å²) in [6.07, 6.45) is 0. The van der Waals surface area contributed by atoms with Crippen molar-refractivity contribution in [3.8, 4) is 6.07 Å². The van der Waals surface area contributed by atoms with Crippen LogP contribution in [0.3, 0.4) is 0 Å². The van der Waals surface area contributed by atoms with Gasteiger partial charge in [0.15, 0.2) is 0 Å². The summed E-state index contributed by atoms with van der Waals surface area (Å²) in [4.78, 5) is 11.6. The first-order chi connectivity index (χ1) is 8.08. The Balaban J connectivity index is 2.75. The van der Waals surface area contributed by atoms with Gasteiger partial charge in [0, 0.05) is 12.2 Å². The van der Waals surface area contributed by atoms with Gasteiger partial charge in [-0.15, -0.1) is 0 Å². The number of hydrogen-bond donors (Lipinski definition) is 2. The highest BCUT2D eigenvalue weighted by Crippen LogP contribution is 2.16. The molecule has 1 aromatic rings. The maximum absolute atomic E-state index is 11.6. The molecular weight excluding hydrogens is 214 g/mol. The van der Waals surface area contributed by atoms with Crippen LogP contribution in [0, 0.1) is 18.3 Å². The second-order valence-corrected chi connectivity index (χ2v) is 3.90. The number of benzene rings is 1. The van der Waals surface area contributed by atoms with Crippen molar-refractivity contribution >= 4 is 11.6 Å². The largest absolute Gasteiger partial charge is 0.374 e. The first kappa shape index (κ1) is 13.0. The van der Waals surface area contributed by atoms with E-state index in [9.17, 15) is 4.79 Å². The molecule has 0 aliphatic carbocycles. The summed E-state index contributed by atoms with van der Waals surface area (Å²) in [5.41, 5.74) is 2.46. The van der Waals surface area contributed by atoms with E-state index in [-0.39, 0.29) is 11.9 Å². The molecule has 4 nitrogen and oxygen atoms in total. The first-order valence-electron chi connectivity index (χ1n) is 5.63. The quantitative estimate of drug-likeness (QED) is 0.830. The lowest BCUT2D eigenvalue weighted by molar-refractivity contribution is -0.121. The number of carbonyl (C=O) groups excluding carboxylic acids is 1. The molecule has 0 saturated heterocycles. The molecular formula is C13H17N3O. The van der Waals surface area contributed by atoms with Gasteiger partial charge in [-0.2, -0.15) is 5.26 Å². The molecule has 1 amide bonds. The highest BCUT2D eigenvalue weighted by atomic mass is 16.2. The van der Waals surface area contributed by atoms with Crippen LogP contribution in [0.1, 0.15) is 25.0 Å². The average molecular weight is 231 g/mol. The van der Waals surface area contributed by atoms with Gasteiger partial charge in [-0.25, -0.2) is 0 Å². The second-order valence-electron chi connectivity index (χ2n) is 3.90. The molecule has 2 N–H and O–H groups in total. The smallest absolute Gasteiger partial charge is 0.242 e. The fraction of sp³-hybridized carbons (Fsp3) is 0.385. The molecule has 1 atom stereocenters. The Morgan fingerprint density at radius 1 is 1.53 bits per heavy atom. The average Bonchev–Trinajstić information content (AvgIpc) is 2.31. The van der Waals surface area contributed by atoms with E-state index in [1.165, 1.54) is 0 Å². The number of nitriles is 1. The highest BCUT2D eigenvalue weighted by molar-refractivity contribution is 5.84. The van der Waals surface area contributed by atoms with E-state index in [0.717, 1.165) is 11.3 Å². The van der Waals surface area contributed by atoms with Crippen LogP contribution in [0.15, 0.2) is 18.2 Å². The molecule has 0 aliphatic rings. The molecule has 0 fully saturated rings. The third-order valence-electron chi connectivity index (χ3n) is 2.47. The molecule has 90 valence electrons. The normalized spacial score (nSPS) is 11.4. The van der Waals surface area contributed by atoms with Crippen molar-refractivity contribution in [2.75, 3.05) is 11.9 Å². The Bertz CT molecular complexity index is 448. The van der Waals surface area contributed by atoms with Gasteiger partial charge in [0.2, 0.25) is 5.91 Å². The van der Waals surface area contributed by atoms with Crippen LogP contribution in [-0.2, 0) is 4.79 Å². The summed E-state index contributed by atoms with van der Waals surface area (Å²) in [6.45, 7) is 6.23. The van der Waals surface area contributed by atoms with Gasteiger partial charge < -0.3 is 10.6 Å². The SMILES string of the molecule is CCNC(=O)C(C)Nc1ccc(C#N)cc1C. The summed E-state index contributed by atoms with van der Waals surface area (Å²) >= 11 is 0. The Morgan fingerprint density at radius 2 is 2.24 bits per heavy atom.